The van der Waals surface area contributed by atoms with E-state index in [9.17, 15) is 19.8 Å². The summed E-state index contributed by atoms with van der Waals surface area (Å²) >= 11 is 0. The zero-order valence-electron chi connectivity index (χ0n) is 64.0. The second-order valence-electron chi connectivity index (χ2n) is 30.6. The normalized spacial score (nSPS) is 12.3. The first-order chi connectivity index (χ1) is 46.0. The van der Waals surface area contributed by atoms with Crippen molar-refractivity contribution >= 4 is 11.9 Å². The highest BCUT2D eigenvalue weighted by atomic mass is 16.5. The SMILES string of the molecule is CCCCCCCCCCCCCCCCCCCCCCCCCCCC(O)C(CO)NC(=O)CCCCCCCCCCCCCCCCCCCCCCCCCCCCCCCCCCCOC(=O)CCCCCCCCCCCCCCCCCCCC. The Labute approximate surface area is 585 Å². The Morgan fingerprint density at radius 1 is 0.258 bits per heavy atom. The summed E-state index contributed by atoms with van der Waals surface area (Å²) in [7, 11) is 0. The minimum Gasteiger partial charge on any atom is -0.466 e. The number of ether oxygens (including phenoxy) is 1. The summed E-state index contributed by atoms with van der Waals surface area (Å²) < 4.78 is 5.52. The summed E-state index contributed by atoms with van der Waals surface area (Å²) in [5, 5.41) is 23.5. The average molecular weight is 1310 g/mol. The molecule has 556 valence electrons. The van der Waals surface area contributed by atoms with Gasteiger partial charge in [-0.1, -0.05) is 483 Å². The van der Waals surface area contributed by atoms with E-state index in [4.69, 9.17) is 4.74 Å². The molecule has 0 aromatic rings. The molecule has 0 aromatic heterocycles. The van der Waals surface area contributed by atoms with Crippen LogP contribution in [0.15, 0.2) is 0 Å². The van der Waals surface area contributed by atoms with Crippen molar-refractivity contribution in [1.29, 1.82) is 0 Å². The van der Waals surface area contributed by atoms with Crippen LogP contribution in [0.1, 0.15) is 521 Å². The largest absolute Gasteiger partial charge is 0.466 e. The van der Waals surface area contributed by atoms with Gasteiger partial charge in [-0.3, -0.25) is 9.59 Å². The number of hydrogen-bond donors (Lipinski definition) is 3. The van der Waals surface area contributed by atoms with Crippen molar-refractivity contribution in [2.75, 3.05) is 13.2 Å². The zero-order chi connectivity index (χ0) is 67.0. The van der Waals surface area contributed by atoms with E-state index < -0.39 is 12.1 Å². The molecule has 3 N–H and O–H groups in total. The van der Waals surface area contributed by atoms with Gasteiger partial charge in [-0.25, -0.2) is 0 Å². The number of nitrogens with one attached hydrogen (secondary N) is 1. The standard InChI is InChI=1S/C87H173NO5/c1-3-5-7-9-11-13-15-17-19-21-23-24-25-35-38-41-44-47-51-55-59-63-67-71-75-79-85(90)84(83-89)88-86(91)80-76-72-68-64-60-56-52-48-45-42-39-36-33-31-29-27-26-28-30-32-34-37-40-43-46-50-54-58-62-66-70-74-78-82-93-87(92)81-77-73-69-65-61-57-53-49-22-20-18-16-14-12-10-8-6-4-2/h84-85,89-90H,3-83H2,1-2H3,(H,88,91). The Morgan fingerprint density at radius 2 is 0.441 bits per heavy atom. The van der Waals surface area contributed by atoms with Crippen LogP contribution in [0.3, 0.4) is 0 Å². The van der Waals surface area contributed by atoms with Crippen molar-refractivity contribution in [3.05, 3.63) is 0 Å². The molecule has 0 spiro atoms. The van der Waals surface area contributed by atoms with Gasteiger partial charge in [-0.05, 0) is 25.7 Å². The molecule has 0 aliphatic rings. The van der Waals surface area contributed by atoms with Gasteiger partial charge < -0.3 is 20.3 Å². The molecule has 0 aliphatic heterocycles. The van der Waals surface area contributed by atoms with Crippen LogP contribution >= 0.6 is 0 Å². The van der Waals surface area contributed by atoms with Gasteiger partial charge in [0, 0.05) is 12.8 Å². The second kappa shape index (κ2) is 83.3. The first-order valence-electron chi connectivity index (χ1n) is 43.8. The van der Waals surface area contributed by atoms with Crippen LogP contribution < -0.4 is 5.32 Å². The Morgan fingerprint density at radius 3 is 0.656 bits per heavy atom. The van der Waals surface area contributed by atoms with Gasteiger partial charge in [0.25, 0.3) is 0 Å². The molecule has 1 amide bonds. The lowest BCUT2D eigenvalue weighted by molar-refractivity contribution is -0.143. The Bertz CT molecular complexity index is 1370. The summed E-state index contributed by atoms with van der Waals surface area (Å²) in [6.45, 7) is 5.03. The van der Waals surface area contributed by atoms with E-state index in [1.807, 2.05) is 0 Å². The smallest absolute Gasteiger partial charge is 0.305 e. The van der Waals surface area contributed by atoms with Crippen molar-refractivity contribution in [3.63, 3.8) is 0 Å². The van der Waals surface area contributed by atoms with Crippen LogP contribution in [0.25, 0.3) is 0 Å². The number of unbranched alkanes of at least 4 members (excludes halogenated alkanes) is 73. The maximum Gasteiger partial charge on any atom is 0.305 e. The van der Waals surface area contributed by atoms with Crippen molar-refractivity contribution < 1.29 is 24.5 Å². The van der Waals surface area contributed by atoms with Gasteiger partial charge in [0.15, 0.2) is 0 Å². The highest BCUT2D eigenvalue weighted by Gasteiger charge is 2.20. The fourth-order valence-electron chi connectivity index (χ4n) is 14.5. The van der Waals surface area contributed by atoms with Gasteiger partial charge in [-0.15, -0.1) is 0 Å². The van der Waals surface area contributed by atoms with Gasteiger partial charge in [0.2, 0.25) is 5.91 Å². The van der Waals surface area contributed by atoms with Gasteiger partial charge in [-0.2, -0.15) is 0 Å². The van der Waals surface area contributed by atoms with Gasteiger partial charge >= 0.3 is 5.97 Å². The van der Waals surface area contributed by atoms with Crippen LogP contribution in [-0.4, -0.2) is 47.4 Å². The summed E-state index contributed by atoms with van der Waals surface area (Å²) in [6.07, 6.45) is 105. The Hall–Kier alpha value is -1.14. The van der Waals surface area contributed by atoms with Crippen LogP contribution in [-0.2, 0) is 14.3 Å². The second-order valence-corrected chi connectivity index (χ2v) is 30.6. The third-order valence-electron chi connectivity index (χ3n) is 21.2. The van der Waals surface area contributed by atoms with E-state index in [-0.39, 0.29) is 18.5 Å². The van der Waals surface area contributed by atoms with E-state index >= 15 is 0 Å². The zero-order valence-corrected chi connectivity index (χ0v) is 64.0. The number of hydrogen-bond acceptors (Lipinski definition) is 5. The van der Waals surface area contributed by atoms with Gasteiger partial charge in [0.05, 0.1) is 25.4 Å². The molecule has 0 saturated carbocycles. The third kappa shape index (κ3) is 79.7. The summed E-state index contributed by atoms with van der Waals surface area (Å²) in [6, 6.07) is -0.538. The summed E-state index contributed by atoms with van der Waals surface area (Å²) in [5.41, 5.74) is 0. The molecular weight excluding hydrogens is 1140 g/mol. The fourth-order valence-corrected chi connectivity index (χ4v) is 14.5. The molecule has 6 nitrogen and oxygen atoms in total. The number of esters is 1. The lowest BCUT2D eigenvalue weighted by Gasteiger charge is -2.22. The minimum absolute atomic E-state index is 0.0229. The lowest BCUT2D eigenvalue weighted by atomic mass is 10.0. The van der Waals surface area contributed by atoms with E-state index in [1.165, 1.54) is 449 Å². The van der Waals surface area contributed by atoms with Crippen LogP contribution in [0.5, 0.6) is 0 Å². The van der Waals surface area contributed by atoms with E-state index in [0.29, 0.717) is 25.9 Å². The quantitative estimate of drug-likeness (QED) is 0.0417. The molecule has 0 rings (SSSR count). The van der Waals surface area contributed by atoms with Crippen LogP contribution in [0.2, 0.25) is 0 Å². The van der Waals surface area contributed by atoms with Crippen molar-refractivity contribution in [2.45, 2.75) is 533 Å². The predicted octanol–water partition coefficient (Wildman–Crippen LogP) is 29.2. The average Bonchev–Trinajstić information content (AvgIpc) is 3.78. The predicted molar refractivity (Wildman–Crippen MR) is 412 cm³/mol. The molecule has 0 bridgehead atoms. The van der Waals surface area contributed by atoms with Crippen molar-refractivity contribution in [2.24, 2.45) is 0 Å². The Balaban J connectivity index is 3.31. The molecule has 2 unspecified atom stereocenters. The van der Waals surface area contributed by atoms with E-state index in [2.05, 4.69) is 19.2 Å². The minimum atomic E-state index is -0.662. The molecule has 2 atom stereocenters. The summed E-state index contributed by atoms with van der Waals surface area (Å²) in [5.74, 6) is 0.00510. The van der Waals surface area contributed by atoms with Crippen LogP contribution in [0.4, 0.5) is 0 Å². The molecule has 0 fully saturated rings. The monoisotopic (exact) mass is 1310 g/mol. The maximum atomic E-state index is 12.6. The molecule has 0 aromatic carbocycles. The van der Waals surface area contributed by atoms with Gasteiger partial charge in [0.1, 0.15) is 0 Å². The van der Waals surface area contributed by atoms with E-state index in [0.717, 1.165) is 38.5 Å². The van der Waals surface area contributed by atoms with Crippen molar-refractivity contribution in [3.8, 4) is 0 Å². The molecule has 0 heterocycles. The molecule has 0 saturated heterocycles. The maximum absolute atomic E-state index is 12.6. The number of rotatable bonds is 84. The highest BCUT2D eigenvalue weighted by molar-refractivity contribution is 5.76. The van der Waals surface area contributed by atoms with Crippen molar-refractivity contribution in [1.82, 2.24) is 5.32 Å². The number of carbonyl (C=O) groups is 2. The number of carbonyl (C=O) groups excluding carboxylic acids is 2. The topological polar surface area (TPSA) is 95.9 Å². The van der Waals surface area contributed by atoms with E-state index in [1.54, 1.807) is 0 Å². The third-order valence-corrected chi connectivity index (χ3v) is 21.2. The molecule has 0 aliphatic carbocycles. The molecule has 6 heteroatoms. The number of amides is 1. The summed E-state index contributed by atoms with van der Waals surface area (Å²) in [4.78, 5) is 24.7. The fraction of sp³-hybridized carbons (Fsp3) is 0.977. The molecular formula is C87H173NO5. The molecule has 0 radical (unpaired) electrons. The Kier molecular flexibility index (Phi) is 82.3. The first kappa shape index (κ1) is 91.9. The highest BCUT2D eigenvalue weighted by Crippen LogP contribution is 2.22. The first-order valence-corrected chi connectivity index (χ1v) is 43.8. The van der Waals surface area contributed by atoms with Crippen LogP contribution in [0, 0.1) is 0 Å². The number of aliphatic hydroxyl groups excluding tert-OH is 2. The lowest BCUT2D eigenvalue weighted by Crippen LogP contribution is -2.45. The number of aliphatic hydroxyl groups is 2. The molecule has 93 heavy (non-hydrogen) atoms.